The van der Waals surface area contributed by atoms with Crippen LogP contribution in [0.1, 0.15) is 50.5 Å². The number of carbonyl (C=O) groups excluding carboxylic acids is 1. The van der Waals surface area contributed by atoms with E-state index in [0.717, 1.165) is 69.1 Å². The molecule has 142 valence electrons. The third-order valence-corrected chi connectivity index (χ3v) is 7.08. The number of carbonyl (C=O) groups is 1. The topological polar surface area (TPSA) is 41.6 Å². The number of nitrogens with zero attached hydrogens (tertiary/aromatic N) is 1. The Morgan fingerprint density at radius 3 is 2.27 bits per heavy atom. The lowest BCUT2D eigenvalue weighted by atomic mass is 9.74. The number of benzene rings is 1. The largest absolute Gasteiger partial charge is 0.379 e. The smallest absolute Gasteiger partial charge is 0.230 e. The van der Waals surface area contributed by atoms with E-state index in [1.54, 1.807) is 0 Å². The monoisotopic (exact) mass is 376 g/mol. The summed E-state index contributed by atoms with van der Waals surface area (Å²) in [6.07, 6.45) is 7.73. The molecule has 2 saturated carbocycles. The Morgan fingerprint density at radius 1 is 1.04 bits per heavy atom. The van der Waals surface area contributed by atoms with E-state index < -0.39 is 0 Å². The molecular weight excluding hydrogens is 348 g/mol. The molecule has 3 aliphatic rings. The minimum atomic E-state index is -0.374. The van der Waals surface area contributed by atoms with E-state index in [9.17, 15) is 4.79 Å². The third kappa shape index (κ3) is 3.28. The first kappa shape index (κ1) is 18.3. The van der Waals surface area contributed by atoms with Gasteiger partial charge in [-0.25, -0.2) is 0 Å². The lowest BCUT2D eigenvalue weighted by Gasteiger charge is -2.52. The van der Waals surface area contributed by atoms with Crippen molar-refractivity contribution in [3.05, 3.63) is 34.9 Å². The van der Waals surface area contributed by atoms with Crippen molar-refractivity contribution in [2.45, 2.75) is 55.9 Å². The summed E-state index contributed by atoms with van der Waals surface area (Å²) < 4.78 is 5.51. The molecule has 4 nitrogen and oxygen atoms in total. The van der Waals surface area contributed by atoms with Gasteiger partial charge in [0.25, 0.3) is 0 Å². The van der Waals surface area contributed by atoms with Crippen molar-refractivity contribution in [1.82, 2.24) is 10.2 Å². The summed E-state index contributed by atoms with van der Waals surface area (Å²) in [5.41, 5.74) is 0.894. The van der Waals surface area contributed by atoms with Gasteiger partial charge in [-0.2, -0.15) is 0 Å². The molecule has 5 heteroatoms. The van der Waals surface area contributed by atoms with Crippen LogP contribution in [0.2, 0.25) is 5.02 Å². The van der Waals surface area contributed by atoms with Gasteiger partial charge < -0.3 is 10.1 Å². The number of halogens is 1. The van der Waals surface area contributed by atoms with Crippen LogP contribution in [0.3, 0.4) is 0 Å². The highest BCUT2D eigenvalue weighted by Gasteiger charge is 2.46. The number of hydrogen-bond acceptors (Lipinski definition) is 3. The summed E-state index contributed by atoms with van der Waals surface area (Å²) in [4.78, 5) is 15.9. The number of nitrogens with one attached hydrogen (secondary N) is 1. The van der Waals surface area contributed by atoms with Crippen molar-refractivity contribution in [3.8, 4) is 0 Å². The molecule has 1 N–H and O–H groups in total. The van der Waals surface area contributed by atoms with Crippen LogP contribution in [-0.4, -0.2) is 49.2 Å². The molecule has 4 rings (SSSR count). The van der Waals surface area contributed by atoms with Crippen LogP contribution < -0.4 is 5.32 Å². The molecule has 0 radical (unpaired) electrons. The fourth-order valence-corrected chi connectivity index (χ4v) is 5.16. The highest BCUT2D eigenvalue weighted by molar-refractivity contribution is 6.30. The molecule has 0 atom stereocenters. The van der Waals surface area contributed by atoms with Crippen LogP contribution in [0.25, 0.3) is 0 Å². The second-order valence-electron chi connectivity index (χ2n) is 8.16. The van der Waals surface area contributed by atoms with Gasteiger partial charge in [0.2, 0.25) is 5.91 Å². The maximum absolute atomic E-state index is 13.3. The van der Waals surface area contributed by atoms with Gasteiger partial charge in [0.15, 0.2) is 0 Å². The van der Waals surface area contributed by atoms with E-state index >= 15 is 0 Å². The van der Waals surface area contributed by atoms with E-state index in [1.807, 2.05) is 24.3 Å². The van der Waals surface area contributed by atoms with Gasteiger partial charge in [0.05, 0.1) is 18.6 Å². The van der Waals surface area contributed by atoms with Gasteiger partial charge in [-0.05, 0) is 49.8 Å². The summed E-state index contributed by atoms with van der Waals surface area (Å²) in [6, 6.07) is 7.89. The lowest BCUT2D eigenvalue weighted by molar-refractivity contribution is -0.128. The molecule has 0 spiro atoms. The first-order valence-corrected chi connectivity index (χ1v) is 10.4. The Morgan fingerprint density at radius 2 is 1.69 bits per heavy atom. The highest BCUT2D eigenvalue weighted by Crippen LogP contribution is 2.42. The fourth-order valence-electron chi connectivity index (χ4n) is 5.04. The van der Waals surface area contributed by atoms with Gasteiger partial charge in [-0.1, -0.05) is 36.6 Å². The number of rotatable bonds is 5. The van der Waals surface area contributed by atoms with Crippen molar-refractivity contribution >= 4 is 17.5 Å². The van der Waals surface area contributed by atoms with Crippen LogP contribution in [0, 0.1) is 0 Å². The summed E-state index contributed by atoms with van der Waals surface area (Å²) in [7, 11) is 0. The molecule has 1 aliphatic heterocycles. The Bertz CT molecular complexity index is 630. The van der Waals surface area contributed by atoms with Crippen molar-refractivity contribution < 1.29 is 9.53 Å². The van der Waals surface area contributed by atoms with Crippen molar-refractivity contribution in [3.63, 3.8) is 0 Å². The zero-order chi connectivity index (χ0) is 18.0. The fraction of sp³-hybridized carbons (Fsp3) is 0.667. The molecule has 1 heterocycles. The van der Waals surface area contributed by atoms with Gasteiger partial charge in [-0.3, -0.25) is 9.69 Å². The summed E-state index contributed by atoms with van der Waals surface area (Å²) in [5, 5.41) is 4.09. The van der Waals surface area contributed by atoms with Gasteiger partial charge in [0, 0.05) is 30.2 Å². The predicted molar refractivity (Wildman–Crippen MR) is 104 cm³/mol. The standard InChI is InChI=1S/C21H29ClN2O2/c22-18-6-4-17(5-7-18)21(10-1-2-11-21)19(25)23-16-20(8-3-9-20)24-12-14-26-15-13-24/h4-7H,1-3,8-16H2,(H,23,25). The first-order chi connectivity index (χ1) is 12.6. The second-order valence-corrected chi connectivity index (χ2v) is 8.59. The molecule has 1 amide bonds. The zero-order valence-corrected chi connectivity index (χ0v) is 16.2. The molecule has 1 aromatic carbocycles. The van der Waals surface area contributed by atoms with E-state index in [1.165, 1.54) is 19.3 Å². The number of ether oxygens (including phenoxy) is 1. The molecule has 2 aliphatic carbocycles. The Balaban J connectivity index is 1.47. The molecule has 0 aromatic heterocycles. The number of hydrogen-bond donors (Lipinski definition) is 1. The van der Waals surface area contributed by atoms with Gasteiger partial charge in [-0.15, -0.1) is 0 Å². The van der Waals surface area contributed by atoms with E-state index in [0.29, 0.717) is 0 Å². The predicted octanol–water partition coefficient (Wildman–Crippen LogP) is 3.52. The van der Waals surface area contributed by atoms with Crippen LogP contribution in [0.4, 0.5) is 0 Å². The molecule has 0 unspecified atom stereocenters. The zero-order valence-electron chi connectivity index (χ0n) is 15.4. The van der Waals surface area contributed by atoms with Crippen molar-refractivity contribution in [2.24, 2.45) is 0 Å². The maximum atomic E-state index is 13.3. The SMILES string of the molecule is O=C(NCC1(N2CCOCC2)CCC1)C1(c2ccc(Cl)cc2)CCCC1. The minimum absolute atomic E-state index is 0.152. The molecule has 0 bridgehead atoms. The maximum Gasteiger partial charge on any atom is 0.230 e. The molecule has 3 fully saturated rings. The van der Waals surface area contributed by atoms with Crippen LogP contribution in [0.5, 0.6) is 0 Å². The molecule has 1 saturated heterocycles. The van der Waals surface area contributed by atoms with E-state index in [2.05, 4.69) is 10.2 Å². The summed E-state index contributed by atoms with van der Waals surface area (Å²) >= 11 is 6.06. The quantitative estimate of drug-likeness (QED) is 0.854. The number of amides is 1. The molecule has 1 aromatic rings. The van der Waals surface area contributed by atoms with E-state index in [-0.39, 0.29) is 16.9 Å². The second kappa shape index (κ2) is 7.49. The average molecular weight is 377 g/mol. The Hall–Kier alpha value is -1.10. The van der Waals surface area contributed by atoms with Gasteiger partial charge in [0.1, 0.15) is 0 Å². The Kier molecular flexibility index (Phi) is 5.27. The highest BCUT2D eigenvalue weighted by atomic mass is 35.5. The van der Waals surface area contributed by atoms with Crippen molar-refractivity contribution in [1.29, 1.82) is 0 Å². The minimum Gasteiger partial charge on any atom is -0.379 e. The average Bonchev–Trinajstić information content (AvgIpc) is 3.13. The molecule has 26 heavy (non-hydrogen) atoms. The van der Waals surface area contributed by atoms with Crippen LogP contribution in [0.15, 0.2) is 24.3 Å². The van der Waals surface area contributed by atoms with E-state index in [4.69, 9.17) is 16.3 Å². The van der Waals surface area contributed by atoms with Gasteiger partial charge >= 0.3 is 0 Å². The Labute approximate surface area is 161 Å². The first-order valence-electron chi connectivity index (χ1n) is 10.0. The summed E-state index contributed by atoms with van der Waals surface area (Å²) in [6.45, 7) is 4.35. The van der Waals surface area contributed by atoms with Crippen molar-refractivity contribution in [2.75, 3.05) is 32.8 Å². The number of morpholine rings is 1. The third-order valence-electron chi connectivity index (χ3n) is 6.83. The summed E-state index contributed by atoms with van der Waals surface area (Å²) in [5.74, 6) is 0.205. The van der Waals surface area contributed by atoms with Crippen LogP contribution in [-0.2, 0) is 14.9 Å². The normalized spacial score (nSPS) is 24.8. The lowest BCUT2D eigenvalue weighted by Crippen LogP contribution is -2.63. The van der Waals surface area contributed by atoms with Crippen LogP contribution >= 0.6 is 11.6 Å². The molecular formula is C21H29ClN2O2.